The van der Waals surface area contributed by atoms with Gasteiger partial charge in [-0.25, -0.2) is 9.97 Å². The average molecular weight is 274 g/mol. The first-order valence-electron chi connectivity index (χ1n) is 6.59. The second-order valence-electron chi connectivity index (χ2n) is 5.12. The number of nitrogens with two attached hydrogens (primary N) is 1. The highest BCUT2D eigenvalue weighted by Crippen LogP contribution is 2.38. The minimum absolute atomic E-state index is 0.236. The van der Waals surface area contributed by atoms with E-state index in [0.29, 0.717) is 11.7 Å². The van der Waals surface area contributed by atoms with Crippen LogP contribution in [0.3, 0.4) is 0 Å². The van der Waals surface area contributed by atoms with E-state index in [1.807, 2.05) is 6.07 Å². The minimum atomic E-state index is 0.236. The van der Waals surface area contributed by atoms with Crippen LogP contribution in [0.4, 0.5) is 11.6 Å². The first-order chi connectivity index (χ1) is 9.11. The summed E-state index contributed by atoms with van der Waals surface area (Å²) in [4.78, 5) is 11.5. The fourth-order valence-corrected chi connectivity index (χ4v) is 2.94. The Hall–Kier alpha value is -1.62. The van der Waals surface area contributed by atoms with Gasteiger partial charge in [-0.15, -0.1) is 11.3 Å². The quantitative estimate of drug-likeness (QED) is 0.896. The maximum absolute atomic E-state index is 5.86. The van der Waals surface area contributed by atoms with E-state index < -0.39 is 0 Å². The maximum Gasteiger partial charge on any atom is 0.136 e. The lowest BCUT2D eigenvalue weighted by Crippen LogP contribution is -2.09. The normalized spacial score (nSPS) is 16.3. The molecule has 1 fully saturated rings. The molecular formula is C14H18N4S. The molecule has 5 heteroatoms. The molecule has 1 aliphatic rings. The zero-order valence-corrected chi connectivity index (χ0v) is 12.0. The first-order valence-corrected chi connectivity index (χ1v) is 7.41. The van der Waals surface area contributed by atoms with Gasteiger partial charge in [-0.05, 0) is 38.8 Å². The van der Waals surface area contributed by atoms with Crippen molar-refractivity contribution in [3.63, 3.8) is 0 Å². The lowest BCUT2D eigenvalue weighted by molar-refractivity contribution is 0.871. The van der Waals surface area contributed by atoms with Gasteiger partial charge in [0.25, 0.3) is 0 Å². The Morgan fingerprint density at radius 3 is 2.79 bits per heavy atom. The van der Waals surface area contributed by atoms with Crippen molar-refractivity contribution >= 4 is 23.0 Å². The fourth-order valence-electron chi connectivity index (χ4n) is 2.06. The Bertz CT molecular complexity index is 589. The van der Waals surface area contributed by atoms with E-state index in [-0.39, 0.29) is 6.04 Å². The molecule has 0 amide bonds. The molecule has 3 rings (SSSR count). The summed E-state index contributed by atoms with van der Waals surface area (Å²) in [5.41, 5.74) is 5.86. The van der Waals surface area contributed by atoms with Crippen LogP contribution in [0.1, 0.15) is 47.3 Å². The molecular weight excluding hydrogens is 256 g/mol. The highest BCUT2D eigenvalue weighted by Gasteiger charge is 2.27. The Morgan fingerprint density at radius 2 is 2.16 bits per heavy atom. The number of aryl methyl sites for hydroxylation is 1. The largest absolute Gasteiger partial charge is 0.384 e. The Labute approximate surface area is 117 Å². The zero-order valence-electron chi connectivity index (χ0n) is 11.2. The molecule has 0 aromatic carbocycles. The van der Waals surface area contributed by atoms with E-state index in [1.54, 1.807) is 11.3 Å². The molecule has 3 N–H and O–H groups in total. The third-order valence-corrected chi connectivity index (χ3v) is 4.44. The van der Waals surface area contributed by atoms with Crippen molar-refractivity contribution < 1.29 is 0 Å². The Balaban J connectivity index is 1.78. The van der Waals surface area contributed by atoms with Crippen molar-refractivity contribution in [3.8, 4) is 0 Å². The average Bonchev–Trinajstić information content (AvgIpc) is 3.11. The molecule has 0 saturated heterocycles. The van der Waals surface area contributed by atoms with E-state index >= 15 is 0 Å². The fraction of sp³-hybridized carbons (Fsp3) is 0.429. The van der Waals surface area contributed by atoms with Gasteiger partial charge in [0.1, 0.15) is 17.5 Å². The van der Waals surface area contributed by atoms with Crippen LogP contribution >= 0.6 is 11.3 Å². The van der Waals surface area contributed by atoms with Gasteiger partial charge >= 0.3 is 0 Å². The van der Waals surface area contributed by atoms with Gasteiger partial charge in [0.2, 0.25) is 0 Å². The molecule has 4 nitrogen and oxygen atoms in total. The molecule has 2 aromatic rings. The number of nitrogen functional groups attached to an aromatic ring is 1. The summed E-state index contributed by atoms with van der Waals surface area (Å²) in [6.07, 6.45) is 2.37. The predicted molar refractivity (Wildman–Crippen MR) is 79.5 cm³/mol. The molecule has 0 radical (unpaired) electrons. The highest BCUT2D eigenvalue weighted by molar-refractivity contribution is 7.12. The third kappa shape index (κ3) is 2.87. The number of nitrogens with zero attached hydrogens (tertiary/aromatic N) is 2. The summed E-state index contributed by atoms with van der Waals surface area (Å²) in [5, 5.41) is 3.41. The van der Waals surface area contributed by atoms with Gasteiger partial charge in [-0.3, -0.25) is 0 Å². The SMILES string of the molecule is Cc1ccc(C(C)Nc2cc(N)nc(C3CC3)n2)s1. The van der Waals surface area contributed by atoms with Crippen LogP contribution in [0.5, 0.6) is 0 Å². The highest BCUT2D eigenvalue weighted by atomic mass is 32.1. The Kier molecular flexibility index (Phi) is 3.14. The van der Waals surface area contributed by atoms with Crippen molar-refractivity contribution in [1.82, 2.24) is 9.97 Å². The second kappa shape index (κ2) is 4.81. The molecule has 1 aliphatic carbocycles. The van der Waals surface area contributed by atoms with Gasteiger partial charge in [0.15, 0.2) is 0 Å². The lowest BCUT2D eigenvalue weighted by Gasteiger charge is -2.14. The van der Waals surface area contributed by atoms with Gasteiger partial charge in [-0.1, -0.05) is 0 Å². The van der Waals surface area contributed by atoms with Gasteiger partial charge < -0.3 is 11.1 Å². The first kappa shape index (κ1) is 12.4. The molecule has 0 bridgehead atoms. The molecule has 0 aliphatic heterocycles. The predicted octanol–water partition coefficient (Wildman–Crippen LogP) is 3.48. The zero-order chi connectivity index (χ0) is 13.4. The summed E-state index contributed by atoms with van der Waals surface area (Å²) < 4.78 is 0. The topological polar surface area (TPSA) is 63.8 Å². The van der Waals surface area contributed by atoms with E-state index in [0.717, 1.165) is 11.6 Å². The monoisotopic (exact) mass is 274 g/mol. The van der Waals surface area contributed by atoms with Gasteiger partial charge in [0, 0.05) is 21.7 Å². The number of hydrogen-bond donors (Lipinski definition) is 2. The smallest absolute Gasteiger partial charge is 0.136 e. The number of rotatable bonds is 4. The third-order valence-electron chi connectivity index (χ3n) is 3.26. The molecule has 0 spiro atoms. The molecule has 2 heterocycles. The van der Waals surface area contributed by atoms with E-state index in [2.05, 4.69) is 41.3 Å². The van der Waals surface area contributed by atoms with E-state index in [9.17, 15) is 0 Å². The number of aromatic nitrogens is 2. The van der Waals surface area contributed by atoms with E-state index in [1.165, 1.54) is 22.6 Å². The van der Waals surface area contributed by atoms with Crippen LogP contribution < -0.4 is 11.1 Å². The van der Waals surface area contributed by atoms with Crippen molar-refractivity contribution in [3.05, 3.63) is 33.8 Å². The van der Waals surface area contributed by atoms with Crippen LogP contribution in [0.2, 0.25) is 0 Å². The molecule has 1 atom stereocenters. The summed E-state index contributed by atoms with van der Waals surface area (Å²) >= 11 is 1.80. The van der Waals surface area contributed by atoms with Crippen molar-refractivity contribution in [2.45, 2.75) is 38.6 Å². The molecule has 1 saturated carbocycles. The minimum Gasteiger partial charge on any atom is -0.384 e. The molecule has 19 heavy (non-hydrogen) atoms. The van der Waals surface area contributed by atoms with Crippen molar-refractivity contribution in [2.75, 3.05) is 11.1 Å². The van der Waals surface area contributed by atoms with Crippen LogP contribution in [-0.4, -0.2) is 9.97 Å². The summed E-state index contributed by atoms with van der Waals surface area (Å²) in [6.45, 7) is 4.26. The van der Waals surface area contributed by atoms with Gasteiger partial charge in [-0.2, -0.15) is 0 Å². The molecule has 1 unspecified atom stereocenters. The number of nitrogens with one attached hydrogen (secondary N) is 1. The van der Waals surface area contributed by atoms with Crippen LogP contribution in [0.25, 0.3) is 0 Å². The molecule has 100 valence electrons. The standard InChI is InChI=1S/C14H18N4S/c1-8-3-6-11(19-8)9(2)16-13-7-12(15)17-14(18-13)10-4-5-10/h3,6-7,9-10H,4-5H2,1-2H3,(H3,15,16,17,18). The van der Waals surface area contributed by atoms with Crippen molar-refractivity contribution in [1.29, 1.82) is 0 Å². The van der Waals surface area contributed by atoms with Crippen LogP contribution in [0, 0.1) is 6.92 Å². The maximum atomic E-state index is 5.86. The summed E-state index contributed by atoms with van der Waals surface area (Å²) in [7, 11) is 0. The Morgan fingerprint density at radius 1 is 1.37 bits per heavy atom. The van der Waals surface area contributed by atoms with Crippen LogP contribution in [0.15, 0.2) is 18.2 Å². The summed E-state index contributed by atoms with van der Waals surface area (Å²) in [5.74, 6) is 2.78. The number of thiophene rings is 1. The van der Waals surface area contributed by atoms with E-state index in [4.69, 9.17) is 5.73 Å². The molecule has 2 aromatic heterocycles. The second-order valence-corrected chi connectivity index (χ2v) is 6.44. The summed E-state index contributed by atoms with van der Waals surface area (Å²) in [6, 6.07) is 6.34. The number of hydrogen-bond acceptors (Lipinski definition) is 5. The van der Waals surface area contributed by atoms with Gasteiger partial charge in [0.05, 0.1) is 6.04 Å². The van der Waals surface area contributed by atoms with Crippen molar-refractivity contribution in [2.24, 2.45) is 0 Å². The van der Waals surface area contributed by atoms with Crippen LogP contribution in [-0.2, 0) is 0 Å². The lowest BCUT2D eigenvalue weighted by atomic mass is 10.2. The number of anilines is 2.